The van der Waals surface area contributed by atoms with Gasteiger partial charge in [-0.3, -0.25) is 9.59 Å². The van der Waals surface area contributed by atoms with Crippen molar-refractivity contribution < 1.29 is 14.3 Å². The highest BCUT2D eigenvalue weighted by molar-refractivity contribution is 9.11. The first-order valence-electron chi connectivity index (χ1n) is 10.2. The molecule has 3 nitrogen and oxygen atoms in total. The number of ketones is 2. The molecular weight excluding hydrogens is 600 g/mol. The number of carbonyl (C=O) groups is 2. The van der Waals surface area contributed by atoms with E-state index in [0.29, 0.717) is 23.3 Å². The number of ether oxygens (including phenoxy) is 1. The van der Waals surface area contributed by atoms with E-state index in [0.717, 1.165) is 22.0 Å². The molecule has 1 aliphatic rings. The largest absolute Gasteiger partial charge is 0.496 e. The predicted octanol–water partition coefficient (Wildman–Crippen LogP) is 7.15. The zero-order valence-electron chi connectivity index (χ0n) is 17.4. The Balaban J connectivity index is 1.83. The third-order valence-electron chi connectivity index (χ3n) is 6.03. The maximum atomic E-state index is 13.8. The molecule has 0 amide bonds. The number of alkyl halides is 2. The number of rotatable bonds is 6. The van der Waals surface area contributed by atoms with E-state index in [1.165, 1.54) is 0 Å². The summed E-state index contributed by atoms with van der Waals surface area (Å²) in [6, 6.07) is 22.6. The summed E-state index contributed by atoms with van der Waals surface area (Å²) in [5, 5.41) is 0. The van der Waals surface area contributed by atoms with Crippen LogP contribution in [0.25, 0.3) is 0 Å². The van der Waals surface area contributed by atoms with Crippen molar-refractivity contribution in [3.63, 3.8) is 0 Å². The van der Waals surface area contributed by atoms with Crippen molar-refractivity contribution in [1.29, 1.82) is 0 Å². The fraction of sp³-hybridized carbons (Fsp3) is 0.231. The molecule has 1 aliphatic carbocycles. The second kappa shape index (κ2) is 9.62. The van der Waals surface area contributed by atoms with Gasteiger partial charge in [0.2, 0.25) is 0 Å². The van der Waals surface area contributed by atoms with Crippen LogP contribution in [0.15, 0.2) is 77.3 Å². The Bertz CT molecular complexity index is 1160. The van der Waals surface area contributed by atoms with Crippen molar-refractivity contribution in [2.45, 2.75) is 27.9 Å². The quantitative estimate of drug-likeness (QED) is 0.217. The number of aryl methyl sites for hydroxylation is 1. The summed E-state index contributed by atoms with van der Waals surface area (Å²) in [5.74, 6) is 0.185. The van der Waals surface area contributed by atoms with Crippen molar-refractivity contribution >= 4 is 59.4 Å². The summed E-state index contributed by atoms with van der Waals surface area (Å²) in [5.41, 5.74) is 3.22. The molecule has 0 saturated heterocycles. The minimum Gasteiger partial charge on any atom is -0.496 e. The maximum absolute atomic E-state index is 13.8. The molecule has 3 atom stereocenters. The Labute approximate surface area is 212 Å². The van der Waals surface area contributed by atoms with Crippen molar-refractivity contribution in [3.8, 4) is 5.75 Å². The van der Waals surface area contributed by atoms with Crippen LogP contribution in [0, 0.1) is 0 Å². The standard InChI is InChI=1S/C26H21Br3O3/c1-32-21-12-11-18(15-20(21)27)22(23(28)24(30)17-8-3-2-4-9-17)26(29)14-13-16-7-5-6-10-19(16)25(26)31/h2-12,15,22-23H,13-14H2,1H3. The van der Waals surface area contributed by atoms with Crippen molar-refractivity contribution in [2.75, 3.05) is 7.11 Å². The lowest BCUT2D eigenvalue weighted by atomic mass is 9.71. The topological polar surface area (TPSA) is 43.4 Å². The summed E-state index contributed by atoms with van der Waals surface area (Å²) >= 11 is 11.1. The van der Waals surface area contributed by atoms with Crippen LogP contribution in [0.3, 0.4) is 0 Å². The number of fused-ring (bicyclic) bond motifs is 1. The molecule has 3 aromatic rings. The molecular formula is C26H21Br3O3. The number of carbonyl (C=O) groups excluding carboxylic acids is 2. The molecule has 3 aromatic carbocycles. The Morgan fingerprint density at radius 2 is 1.72 bits per heavy atom. The van der Waals surface area contributed by atoms with Gasteiger partial charge in [-0.1, -0.05) is 92.5 Å². The molecule has 0 spiro atoms. The molecule has 6 heteroatoms. The second-order valence-electron chi connectivity index (χ2n) is 7.85. The monoisotopic (exact) mass is 618 g/mol. The number of halogens is 3. The fourth-order valence-electron chi connectivity index (χ4n) is 4.36. The first-order chi connectivity index (χ1) is 15.4. The predicted molar refractivity (Wildman–Crippen MR) is 138 cm³/mol. The Hall–Kier alpha value is -1.76. The van der Waals surface area contributed by atoms with Crippen LogP contribution >= 0.6 is 47.8 Å². The van der Waals surface area contributed by atoms with Gasteiger partial charge < -0.3 is 4.74 Å². The van der Waals surface area contributed by atoms with Crippen LogP contribution < -0.4 is 4.74 Å². The number of methoxy groups -OCH3 is 1. The second-order valence-corrected chi connectivity index (χ2v) is 11.1. The van der Waals surface area contributed by atoms with Crippen molar-refractivity contribution in [1.82, 2.24) is 0 Å². The van der Waals surface area contributed by atoms with Gasteiger partial charge in [-0.2, -0.15) is 0 Å². The van der Waals surface area contributed by atoms with E-state index in [9.17, 15) is 9.59 Å². The summed E-state index contributed by atoms with van der Waals surface area (Å²) in [4.78, 5) is 26.7. The van der Waals surface area contributed by atoms with E-state index >= 15 is 0 Å². The first kappa shape index (κ1) is 23.4. The average molecular weight is 621 g/mol. The van der Waals surface area contributed by atoms with Crippen molar-refractivity contribution in [2.24, 2.45) is 0 Å². The number of hydrogen-bond acceptors (Lipinski definition) is 3. The number of hydrogen-bond donors (Lipinski definition) is 0. The van der Waals surface area contributed by atoms with Crippen LogP contribution in [-0.4, -0.2) is 27.8 Å². The van der Waals surface area contributed by atoms with E-state index in [2.05, 4.69) is 47.8 Å². The zero-order chi connectivity index (χ0) is 22.9. The van der Waals surface area contributed by atoms with E-state index in [1.807, 2.05) is 60.7 Å². The van der Waals surface area contributed by atoms with Gasteiger partial charge in [0, 0.05) is 17.0 Å². The van der Waals surface area contributed by atoms with Gasteiger partial charge in [-0.05, 0) is 52.0 Å². The Morgan fingerprint density at radius 3 is 2.41 bits per heavy atom. The van der Waals surface area contributed by atoms with E-state index in [4.69, 9.17) is 4.74 Å². The first-order valence-corrected chi connectivity index (χ1v) is 12.8. The number of benzene rings is 3. The van der Waals surface area contributed by atoms with Crippen LogP contribution in [0.1, 0.15) is 44.2 Å². The van der Waals surface area contributed by atoms with Gasteiger partial charge in [0.25, 0.3) is 0 Å². The summed E-state index contributed by atoms with van der Waals surface area (Å²) in [6.45, 7) is 0. The third-order valence-corrected chi connectivity index (χ3v) is 8.84. The van der Waals surface area contributed by atoms with Crippen molar-refractivity contribution in [3.05, 3.63) is 99.5 Å². The molecule has 164 valence electrons. The van der Waals surface area contributed by atoms with Gasteiger partial charge in [0.15, 0.2) is 11.6 Å². The van der Waals surface area contributed by atoms with E-state index in [-0.39, 0.29) is 11.6 Å². The molecule has 32 heavy (non-hydrogen) atoms. The fourth-order valence-corrected chi connectivity index (χ4v) is 7.24. The molecule has 0 N–H and O–H groups in total. The highest BCUT2D eigenvalue weighted by Crippen LogP contribution is 2.50. The summed E-state index contributed by atoms with van der Waals surface area (Å²) in [6.07, 6.45) is 1.33. The maximum Gasteiger partial charge on any atom is 0.180 e. The molecule has 0 heterocycles. The lowest BCUT2D eigenvalue weighted by molar-refractivity contribution is 0.0897. The highest BCUT2D eigenvalue weighted by Gasteiger charge is 2.51. The smallest absolute Gasteiger partial charge is 0.180 e. The van der Waals surface area contributed by atoms with Gasteiger partial charge in [-0.25, -0.2) is 0 Å². The van der Waals surface area contributed by atoms with E-state index in [1.54, 1.807) is 19.2 Å². The van der Waals surface area contributed by atoms with Crippen LogP contribution in [0.5, 0.6) is 5.75 Å². The molecule has 3 unspecified atom stereocenters. The average Bonchev–Trinajstić information content (AvgIpc) is 2.82. The van der Waals surface area contributed by atoms with Gasteiger partial charge >= 0.3 is 0 Å². The summed E-state index contributed by atoms with van der Waals surface area (Å²) in [7, 11) is 1.61. The van der Waals surface area contributed by atoms with Gasteiger partial charge in [-0.15, -0.1) is 0 Å². The van der Waals surface area contributed by atoms with Crippen LogP contribution in [-0.2, 0) is 6.42 Å². The normalized spacial score (nSPS) is 19.7. The molecule has 4 rings (SSSR count). The Kier molecular flexibility index (Phi) is 7.03. The SMILES string of the molecule is COc1ccc(C(C(Br)C(=O)c2ccccc2)C2(Br)CCc3ccccc3C2=O)cc1Br. The zero-order valence-corrected chi connectivity index (χ0v) is 22.1. The minimum absolute atomic E-state index is 0.00148. The van der Waals surface area contributed by atoms with Gasteiger partial charge in [0.05, 0.1) is 20.7 Å². The Morgan fingerprint density at radius 1 is 1.03 bits per heavy atom. The molecule has 0 bridgehead atoms. The van der Waals surface area contributed by atoms with E-state index < -0.39 is 15.1 Å². The minimum atomic E-state index is -0.937. The molecule has 0 fully saturated rings. The molecule has 0 radical (unpaired) electrons. The van der Waals surface area contributed by atoms with Gasteiger partial charge in [0.1, 0.15) is 5.75 Å². The van der Waals surface area contributed by atoms with Crippen LogP contribution in [0.2, 0.25) is 0 Å². The molecule has 0 aromatic heterocycles. The lowest BCUT2D eigenvalue weighted by Crippen LogP contribution is -2.47. The van der Waals surface area contributed by atoms with Crippen LogP contribution in [0.4, 0.5) is 0 Å². The highest BCUT2D eigenvalue weighted by atomic mass is 79.9. The molecule has 0 saturated carbocycles. The molecule has 0 aliphatic heterocycles. The third kappa shape index (κ3) is 4.25. The summed E-state index contributed by atoms with van der Waals surface area (Å²) < 4.78 is 5.23. The lowest BCUT2D eigenvalue weighted by Gasteiger charge is -2.40. The number of Topliss-reactive ketones (excluding diaryl/α,β-unsaturated/α-hetero) is 2.